The zero-order chi connectivity index (χ0) is 20.0. The summed E-state index contributed by atoms with van der Waals surface area (Å²) in [6.07, 6.45) is 5.76. The lowest BCUT2D eigenvalue weighted by atomic mass is 9.83. The second-order valence-electron chi connectivity index (χ2n) is 7.86. The zero-order valence-corrected chi connectivity index (χ0v) is 16.3. The molecule has 2 rings (SSSR count). The average Bonchev–Trinajstić information content (AvgIpc) is 2.98. The molecule has 0 saturated carbocycles. The smallest absolute Gasteiger partial charge is 0.243 e. The van der Waals surface area contributed by atoms with E-state index in [2.05, 4.69) is 20.8 Å². The van der Waals surface area contributed by atoms with E-state index in [9.17, 15) is 14.0 Å². The number of hydrogen-bond acceptors (Lipinski definition) is 3. The van der Waals surface area contributed by atoms with Crippen LogP contribution in [0.25, 0.3) is 10.9 Å². The first-order valence-corrected chi connectivity index (χ1v) is 9.52. The number of Topliss-reactive ketones (excluding diaryl/α,β-unsaturated/α-hetero) is 1. The summed E-state index contributed by atoms with van der Waals surface area (Å²) >= 11 is 0. The lowest BCUT2D eigenvalue weighted by Gasteiger charge is -2.21. The van der Waals surface area contributed by atoms with Gasteiger partial charge in [-0.1, -0.05) is 33.6 Å². The molecule has 0 spiro atoms. The predicted octanol–water partition coefficient (Wildman–Crippen LogP) is 4.86. The molecule has 0 fully saturated rings. The normalized spacial score (nSPS) is 11.7. The number of aromatic nitrogens is 1. The standard InChI is InChI=1S/C21H29FN2O3/c1-4-21(2,3)13-19(25)17-14-24(11-7-5-6-8-20(26)23-27)18-10-9-15(22)12-16(17)18/h9-10,12,14,27H,4-8,11,13H2,1-3H3,(H,23,26). The van der Waals surface area contributed by atoms with E-state index in [1.807, 2.05) is 10.8 Å². The third kappa shape index (κ3) is 5.63. The van der Waals surface area contributed by atoms with Gasteiger partial charge in [0.05, 0.1) is 0 Å². The van der Waals surface area contributed by atoms with Crippen molar-refractivity contribution in [1.82, 2.24) is 10.0 Å². The third-order valence-electron chi connectivity index (χ3n) is 5.17. The van der Waals surface area contributed by atoms with Crippen LogP contribution in [0.2, 0.25) is 0 Å². The number of fused-ring (bicyclic) bond motifs is 1. The number of rotatable bonds is 10. The summed E-state index contributed by atoms with van der Waals surface area (Å²) < 4.78 is 15.8. The molecule has 5 nitrogen and oxygen atoms in total. The molecular weight excluding hydrogens is 347 g/mol. The number of carbonyl (C=O) groups is 2. The molecule has 6 heteroatoms. The summed E-state index contributed by atoms with van der Waals surface area (Å²) in [6.45, 7) is 6.88. The molecule has 0 atom stereocenters. The van der Waals surface area contributed by atoms with Crippen LogP contribution in [-0.2, 0) is 11.3 Å². The van der Waals surface area contributed by atoms with Crippen LogP contribution < -0.4 is 5.48 Å². The largest absolute Gasteiger partial charge is 0.347 e. The lowest BCUT2D eigenvalue weighted by Crippen LogP contribution is -2.17. The maximum atomic E-state index is 13.8. The van der Waals surface area contributed by atoms with Gasteiger partial charge in [-0.2, -0.15) is 0 Å². The number of nitrogens with one attached hydrogen (secondary N) is 1. The minimum atomic E-state index is -0.386. The van der Waals surface area contributed by atoms with E-state index < -0.39 is 0 Å². The molecule has 0 unspecified atom stereocenters. The maximum Gasteiger partial charge on any atom is 0.243 e. The summed E-state index contributed by atoms with van der Waals surface area (Å²) in [5.41, 5.74) is 2.96. The number of hydroxylamine groups is 1. The minimum Gasteiger partial charge on any atom is -0.347 e. The predicted molar refractivity (Wildman–Crippen MR) is 103 cm³/mol. The Balaban J connectivity index is 2.15. The summed E-state index contributed by atoms with van der Waals surface area (Å²) in [4.78, 5) is 23.9. The molecule has 1 amide bonds. The van der Waals surface area contributed by atoms with Gasteiger partial charge in [0.15, 0.2) is 5.78 Å². The quantitative estimate of drug-likeness (QED) is 0.269. The van der Waals surface area contributed by atoms with Crippen molar-refractivity contribution < 1.29 is 19.2 Å². The van der Waals surface area contributed by atoms with Gasteiger partial charge in [-0.05, 0) is 36.5 Å². The van der Waals surface area contributed by atoms with Crippen LogP contribution >= 0.6 is 0 Å². The van der Waals surface area contributed by atoms with Crippen LogP contribution in [0.3, 0.4) is 0 Å². The number of halogens is 1. The van der Waals surface area contributed by atoms with Gasteiger partial charge in [-0.25, -0.2) is 9.87 Å². The topological polar surface area (TPSA) is 71.3 Å². The van der Waals surface area contributed by atoms with Crippen molar-refractivity contribution in [1.29, 1.82) is 0 Å². The number of aryl methyl sites for hydroxylation is 1. The van der Waals surface area contributed by atoms with E-state index in [1.54, 1.807) is 11.5 Å². The monoisotopic (exact) mass is 376 g/mol. The molecule has 0 aliphatic carbocycles. The van der Waals surface area contributed by atoms with Gasteiger partial charge in [0.25, 0.3) is 0 Å². The Hall–Kier alpha value is -2.21. The van der Waals surface area contributed by atoms with Crippen molar-refractivity contribution in [3.8, 4) is 0 Å². The summed E-state index contributed by atoms with van der Waals surface area (Å²) in [6, 6.07) is 4.56. The van der Waals surface area contributed by atoms with Crippen molar-refractivity contribution in [2.24, 2.45) is 5.41 Å². The molecule has 0 saturated heterocycles. The SMILES string of the molecule is CCC(C)(C)CC(=O)c1cn(CCCCCC(=O)NO)c2ccc(F)cc12. The molecule has 2 N–H and O–H groups in total. The van der Waals surface area contributed by atoms with Crippen molar-refractivity contribution >= 4 is 22.6 Å². The third-order valence-corrected chi connectivity index (χ3v) is 5.17. The van der Waals surface area contributed by atoms with Crippen molar-refractivity contribution in [3.63, 3.8) is 0 Å². The van der Waals surface area contributed by atoms with Crippen LogP contribution in [0.4, 0.5) is 4.39 Å². The van der Waals surface area contributed by atoms with Gasteiger partial charge >= 0.3 is 0 Å². The first-order valence-electron chi connectivity index (χ1n) is 9.52. The number of unbranched alkanes of at least 4 members (excludes halogenated alkanes) is 2. The van der Waals surface area contributed by atoms with Gasteiger partial charge < -0.3 is 4.57 Å². The minimum absolute atomic E-state index is 0.0378. The van der Waals surface area contributed by atoms with Gasteiger partial charge in [-0.15, -0.1) is 0 Å². The Morgan fingerprint density at radius 3 is 2.63 bits per heavy atom. The number of carbonyl (C=O) groups excluding carboxylic acids is 2. The lowest BCUT2D eigenvalue weighted by molar-refractivity contribution is -0.129. The Bertz CT molecular complexity index is 811. The first kappa shape index (κ1) is 21.1. The molecule has 0 radical (unpaired) electrons. The molecule has 0 aliphatic rings. The van der Waals surface area contributed by atoms with E-state index >= 15 is 0 Å². The summed E-state index contributed by atoms with van der Waals surface area (Å²) in [7, 11) is 0. The Kier molecular flexibility index (Phi) is 7.13. The Labute approximate surface area is 159 Å². The van der Waals surface area contributed by atoms with Crippen LogP contribution in [-0.4, -0.2) is 21.5 Å². The second kappa shape index (κ2) is 9.13. The molecule has 2 aromatic rings. The highest BCUT2D eigenvalue weighted by Gasteiger charge is 2.23. The number of amides is 1. The van der Waals surface area contributed by atoms with Crippen LogP contribution in [0.5, 0.6) is 0 Å². The van der Waals surface area contributed by atoms with E-state index in [4.69, 9.17) is 5.21 Å². The molecule has 1 heterocycles. The molecule has 0 aliphatic heterocycles. The van der Waals surface area contributed by atoms with Crippen molar-refractivity contribution in [2.45, 2.75) is 65.8 Å². The Morgan fingerprint density at radius 1 is 1.22 bits per heavy atom. The average molecular weight is 376 g/mol. The van der Waals surface area contributed by atoms with Gasteiger partial charge in [0.1, 0.15) is 5.82 Å². The fourth-order valence-electron chi connectivity index (χ4n) is 3.13. The number of benzene rings is 1. The van der Waals surface area contributed by atoms with E-state index in [0.29, 0.717) is 30.3 Å². The maximum absolute atomic E-state index is 13.8. The number of hydrogen-bond donors (Lipinski definition) is 2. The fourth-order valence-corrected chi connectivity index (χ4v) is 3.13. The summed E-state index contributed by atoms with van der Waals surface area (Å²) in [5, 5.41) is 9.16. The van der Waals surface area contributed by atoms with Crippen molar-refractivity contribution in [2.75, 3.05) is 0 Å². The first-order chi connectivity index (χ1) is 12.8. The van der Waals surface area contributed by atoms with E-state index in [-0.39, 0.29) is 29.3 Å². The molecule has 0 bridgehead atoms. The Morgan fingerprint density at radius 2 is 1.96 bits per heavy atom. The molecule has 1 aromatic carbocycles. The van der Waals surface area contributed by atoms with Gasteiger partial charge in [0, 0.05) is 42.0 Å². The van der Waals surface area contributed by atoms with Crippen LogP contribution in [0.1, 0.15) is 69.7 Å². The van der Waals surface area contributed by atoms with E-state index in [1.165, 1.54) is 12.1 Å². The highest BCUT2D eigenvalue weighted by atomic mass is 19.1. The molecular formula is C21H29FN2O3. The molecule has 1 aromatic heterocycles. The van der Waals surface area contributed by atoms with Gasteiger partial charge in [0.2, 0.25) is 5.91 Å². The number of ketones is 1. The van der Waals surface area contributed by atoms with Crippen molar-refractivity contribution in [3.05, 3.63) is 35.8 Å². The zero-order valence-electron chi connectivity index (χ0n) is 16.3. The van der Waals surface area contributed by atoms with Crippen LogP contribution in [0, 0.1) is 11.2 Å². The van der Waals surface area contributed by atoms with Crippen LogP contribution in [0.15, 0.2) is 24.4 Å². The number of nitrogens with zero attached hydrogens (tertiary/aromatic N) is 1. The molecule has 27 heavy (non-hydrogen) atoms. The highest BCUT2D eigenvalue weighted by molar-refractivity contribution is 6.08. The van der Waals surface area contributed by atoms with E-state index in [0.717, 1.165) is 24.8 Å². The highest BCUT2D eigenvalue weighted by Crippen LogP contribution is 2.30. The van der Waals surface area contributed by atoms with Gasteiger partial charge in [-0.3, -0.25) is 14.8 Å². The molecule has 148 valence electrons. The fraction of sp³-hybridized carbons (Fsp3) is 0.524. The second-order valence-corrected chi connectivity index (χ2v) is 7.86. The summed E-state index contributed by atoms with van der Waals surface area (Å²) in [5.74, 6) is -0.696.